The third-order valence-corrected chi connectivity index (χ3v) is 3.12. The van der Waals surface area contributed by atoms with E-state index in [-0.39, 0.29) is 5.54 Å². The standard InChI is InChI=1S/C18H23N/c1-14(13-19-18(2,3)4)12-16-10-7-9-15-8-5-6-11-17(15)16/h5-12,19H,13H2,1-4H3. The highest BCUT2D eigenvalue weighted by Gasteiger charge is 2.08. The van der Waals surface area contributed by atoms with Crippen LogP contribution in [0.4, 0.5) is 0 Å². The first kappa shape index (κ1) is 13.8. The first-order valence-corrected chi connectivity index (χ1v) is 6.86. The molecule has 1 N–H and O–H groups in total. The lowest BCUT2D eigenvalue weighted by atomic mass is 10.0. The average Bonchev–Trinajstić information content (AvgIpc) is 2.36. The summed E-state index contributed by atoms with van der Waals surface area (Å²) in [6.45, 7) is 9.68. The molecule has 0 aliphatic carbocycles. The van der Waals surface area contributed by atoms with E-state index in [4.69, 9.17) is 0 Å². The van der Waals surface area contributed by atoms with Gasteiger partial charge in [0.15, 0.2) is 0 Å². The summed E-state index contributed by atoms with van der Waals surface area (Å²) in [6, 6.07) is 15.0. The van der Waals surface area contributed by atoms with Gasteiger partial charge >= 0.3 is 0 Å². The predicted octanol–water partition coefficient (Wildman–Crippen LogP) is 4.63. The van der Waals surface area contributed by atoms with Crippen LogP contribution in [0, 0.1) is 0 Å². The van der Waals surface area contributed by atoms with Gasteiger partial charge in [-0.1, -0.05) is 54.1 Å². The molecule has 1 heteroatoms. The van der Waals surface area contributed by atoms with Crippen LogP contribution >= 0.6 is 0 Å². The highest BCUT2D eigenvalue weighted by molar-refractivity contribution is 5.90. The van der Waals surface area contributed by atoms with Gasteiger partial charge in [-0.3, -0.25) is 0 Å². The zero-order valence-corrected chi connectivity index (χ0v) is 12.3. The fraction of sp³-hybridized carbons (Fsp3) is 0.333. The minimum absolute atomic E-state index is 0.161. The molecule has 0 bridgehead atoms. The molecular weight excluding hydrogens is 230 g/mol. The molecule has 0 saturated heterocycles. The van der Waals surface area contributed by atoms with Gasteiger partial charge < -0.3 is 5.32 Å². The summed E-state index contributed by atoms with van der Waals surface area (Å²) in [6.07, 6.45) is 2.28. The highest BCUT2D eigenvalue weighted by Crippen LogP contribution is 2.20. The molecule has 2 aromatic rings. The van der Waals surface area contributed by atoms with Gasteiger partial charge in [0.05, 0.1) is 0 Å². The van der Waals surface area contributed by atoms with Crippen LogP contribution in [0.2, 0.25) is 0 Å². The van der Waals surface area contributed by atoms with Crippen LogP contribution < -0.4 is 5.32 Å². The number of benzene rings is 2. The summed E-state index contributed by atoms with van der Waals surface area (Å²) in [7, 11) is 0. The lowest BCUT2D eigenvalue weighted by molar-refractivity contribution is 0.445. The summed E-state index contributed by atoms with van der Waals surface area (Å²) in [5, 5.41) is 6.14. The Bertz CT molecular complexity index is 583. The van der Waals surface area contributed by atoms with Crippen molar-refractivity contribution in [2.45, 2.75) is 33.2 Å². The van der Waals surface area contributed by atoms with Crippen molar-refractivity contribution < 1.29 is 0 Å². The van der Waals surface area contributed by atoms with Crippen molar-refractivity contribution in [1.82, 2.24) is 5.32 Å². The number of nitrogens with one attached hydrogen (secondary N) is 1. The molecule has 0 heterocycles. The topological polar surface area (TPSA) is 12.0 Å². The molecule has 0 aromatic heterocycles. The molecule has 0 aliphatic rings. The third-order valence-electron chi connectivity index (χ3n) is 3.12. The Morgan fingerprint density at radius 3 is 2.47 bits per heavy atom. The van der Waals surface area contributed by atoms with Gasteiger partial charge in [-0.25, -0.2) is 0 Å². The molecule has 0 saturated carbocycles. The monoisotopic (exact) mass is 253 g/mol. The molecule has 0 amide bonds. The second-order valence-corrected chi connectivity index (χ2v) is 6.16. The highest BCUT2D eigenvalue weighted by atomic mass is 14.9. The van der Waals surface area contributed by atoms with E-state index in [1.165, 1.54) is 21.9 Å². The molecule has 0 fully saturated rings. The van der Waals surface area contributed by atoms with E-state index >= 15 is 0 Å². The maximum Gasteiger partial charge on any atom is 0.0170 e. The Morgan fingerprint density at radius 1 is 1.05 bits per heavy atom. The first-order chi connectivity index (χ1) is 8.96. The van der Waals surface area contributed by atoms with Gasteiger partial charge in [-0.15, -0.1) is 0 Å². The molecule has 0 radical (unpaired) electrons. The predicted molar refractivity (Wildman–Crippen MR) is 85.4 cm³/mol. The van der Waals surface area contributed by atoms with Crippen LogP contribution in [0.25, 0.3) is 16.8 Å². The Hall–Kier alpha value is -1.60. The Kier molecular flexibility index (Phi) is 4.06. The summed E-state index contributed by atoms with van der Waals surface area (Å²) in [5.41, 5.74) is 2.81. The lowest BCUT2D eigenvalue weighted by Gasteiger charge is -2.20. The second-order valence-electron chi connectivity index (χ2n) is 6.16. The molecule has 2 rings (SSSR count). The van der Waals surface area contributed by atoms with Gasteiger partial charge in [0.25, 0.3) is 0 Å². The van der Waals surface area contributed by atoms with Crippen molar-refractivity contribution in [3.05, 3.63) is 53.6 Å². The van der Waals surface area contributed by atoms with E-state index in [1.807, 2.05) is 0 Å². The lowest BCUT2D eigenvalue weighted by Crippen LogP contribution is -2.36. The van der Waals surface area contributed by atoms with Crippen LogP contribution in [-0.2, 0) is 0 Å². The van der Waals surface area contributed by atoms with Gasteiger partial charge in [-0.2, -0.15) is 0 Å². The second kappa shape index (κ2) is 5.58. The maximum absolute atomic E-state index is 3.52. The van der Waals surface area contributed by atoms with E-state index in [0.29, 0.717) is 0 Å². The molecule has 0 atom stereocenters. The van der Waals surface area contributed by atoms with Crippen LogP contribution in [0.1, 0.15) is 33.3 Å². The third kappa shape index (κ3) is 3.93. The molecule has 100 valence electrons. The largest absolute Gasteiger partial charge is 0.308 e. The zero-order chi connectivity index (χ0) is 13.9. The van der Waals surface area contributed by atoms with Gasteiger partial charge in [0.1, 0.15) is 0 Å². The quantitative estimate of drug-likeness (QED) is 0.841. The van der Waals surface area contributed by atoms with E-state index in [9.17, 15) is 0 Å². The number of rotatable bonds is 3. The Labute approximate surface area is 116 Å². The van der Waals surface area contributed by atoms with Crippen LogP contribution in [0.15, 0.2) is 48.0 Å². The molecule has 2 aromatic carbocycles. The van der Waals surface area contributed by atoms with E-state index < -0.39 is 0 Å². The van der Waals surface area contributed by atoms with Crippen molar-refractivity contribution in [1.29, 1.82) is 0 Å². The van der Waals surface area contributed by atoms with Crippen LogP contribution in [-0.4, -0.2) is 12.1 Å². The van der Waals surface area contributed by atoms with E-state index in [2.05, 4.69) is 81.6 Å². The minimum Gasteiger partial charge on any atom is -0.308 e. The van der Waals surface area contributed by atoms with Crippen molar-refractivity contribution in [3.63, 3.8) is 0 Å². The summed E-state index contributed by atoms with van der Waals surface area (Å²) >= 11 is 0. The van der Waals surface area contributed by atoms with Gasteiger partial charge in [0, 0.05) is 12.1 Å². The summed E-state index contributed by atoms with van der Waals surface area (Å²) < 4.78 is 0. The normalized spacial score (nSPS) is 12.9. The van der Waals surface area contributed by atoms with Gasteiger partial charge in [-0.05, 0) is 44.0 Å². The number of hydrogen-bond acceptors (Lipinski definition) is 1. The average molecular weight is 253 g/mol. The van der Waals surface area contributed by atoms with Crippen molar-refractivity contribution in [2.75, 3.05) is 6.54 Å². The molecule has 19 heavy (non-hydrogen) atoms. The SMILES string of the molecule is CC(=Cc1cccc2ccccc12)CNC(C)(C)C. The van der Waals surface area contributed by atoms with Crippen molar-refractivity contribution in [2.24, 2.45) is 0 Å². The molecule has 0 spiro atoms. The number of fused-ring (bicyclic) bond motifs is 1. The fourth-order valence-corrected chi connectivity index (χ4v) is 2.10. The Morgan fingerprint density at radius 2 is 1.74 bits per heavy atom. The minimum atomic E-state index is 0.161. The fourth-order valence-electron chi connectivity index (χ4n) is 2.10. The molecule has 0 aliphatic heterocycles. The van der Waals surface area contributed by atoms with Crippen molar-refractivity contribution in [3.8, 4) is 0 Å². The van der Waals surface area contributed by atoms with Crippen LogP contribution in [0.5, 0.6) is 0 Å². The maximum atomic E-state index is 3.52. The van der Waals surface area contributed by atoms with E-state index in [0.717, 1.165) is 6.54 Å². The molecular formula is C18H23N. The van der Waals surface area contributed by atoms with Gasteiger partial charge in [0.2, 0.25) is 0 Å². The molecule has 0 unspecified atom stereocenters. The van der Waals surface area contributed by atoms with E-state index in [1.54, 1.807) is 0 Å². The number of hydrogen-bond donors (Lipinski definition) is 1. The van der Waals surface area contributed by atoms with Crippen molar-refractivity contribution >= 4 is 16.8 Å². The Balaban J connectivity index is 2.25. The first-order valence-electron chi connectivity index (χ1n) is 6.86. The smallest absolute Gasteiger partial charge is 0.0170 e. The van der Waals surface area contributed by atoms with Crippen LogP contribution in [0.3, 0.4) is 0 Å². The zero-order valence-electron chi connectivity index (χ0n) is 12.3. The summed E-state index contributed by atoms with van der Waals surface area (Å²) in [4.78, 5) is 0. The summed E-state index contributed by atoms with van der Waals surface area (Å²) in [5.74, 6) is 0. The molecule has 1 nitrogen and oxygen atoms in total.